The summed E-state index contributed by atoms with van der Waals surface area (Å²) in [6.07, 6.45) is 0. The Labute approximate surface area is 109 Å². The number of anilines is 1. The Bertz CT molecular complexity index is 580. The van der Waals surface area contributed by atoms with Crippen molar-refractivity contribution in [3.05, 3.63) is 27.8 Å². The zero-order chi connectivity index (χ0) is 13.3. The van der Waals surface area contributed by atoms with Gasteiger partial charge in [0.2, 0.25) is 0 Å². The molecule has 0 saturated heterocycles. The van der Waals surface area contributed by atoms with Crippen molar-refractivity contribution in [2.45, 2.75) is 26.8 Å². The minimum atomic E-state index is -0.364. The molecule has 0 bridgehead atoms. The minimum absolute atomic E-state index is 0.0706. The molecule has 0 aliphatic carbocycles. The number of benzene rings is 1. The molecule has 0 radical (unpaired) electrons. The van der Waals surface area contributed by atoms with Crippen LogP contribution in [0.15, 0.2) is 17.6 Å². The van der Waals surface area contributed by atoms with Crippen LogP contribution in [0.2, 0.25) is 0 Å². The Morgan fingerprint density at radius 3 is 2.72 bits per heavy atom. The topological polar surface area (TPSA) is 68.1 Å². The normalized spacial score (nSPS) is 12.9. The summed E-state index contributed by atoms with van der Waals surface area (Å²) >= 11 is 1.41. The van der Waals surface area contributed by atoms with Gasteiger partial charge in [-0.3, -0.25) is 10.1 Å². The van der Waals surface area contributed by atoms with Crippen LogP contribution in [0.25, 0.3) is 10.2 Å². The second kappa shape index (κ2) is 4.89. The van der Waals surface area contributed by atoms with Crippen molar-refractivity contribution >= 4 is 32.9 Å². The molecule has 1 N–H and O–H groups in total. The molecule has 2 aromatic rings. The first-order valence-electron chi connectivity index (χ1n) is 5.78. The highest BCUT2D eigenvalue weighted by Crippen LogP contribution is 2.34. The smallest absolute Gasteiger partial charge is 0.319 e. The number of hydrogen-bond acceptors (Lipinski definition) is 5. The van der Waals surface area contributed by atoms with Gasteiger partial charge in [0, 0.05) is 6.04 Å². The van der Waals surface area contributed by atoms with Crippen molar-refractivity contribution in [3.8, 4) is 0 Å². The number of nitrogens with one attached hydrogen (secondary N) is 1. The van der Waals surface area contributed by atoms with E-state index in [-0.39, 0.29) is 16.7 Å². The van der Waals surface area contributed by atoms with Crippen LogP contribution in [0.3, 0.4) is 0 Å². The van der Waals surface area contributed by atoms with Crippen molar-refractivity contribution in [3.63, 3.8) is 0 Å². The maximum Gasteiger partial charge on any atom is 0.319 e. The maximum atomic E-state index is 11.2. The lowest BCUT2D eigenvalue weighted by molar-refractivity contribution is -0.382. The Morgan fingerprint density at radius 2 is 2.11 bits per heavy atom. The van der Waals surface area contributed by atoms with Crippen molar-refractivity contribution in [2.24, 2.45) is 5.92 Å². The van der Waals surface area contributed by atoms with Crippen molar-refractivity contribution in [1.82, 2.24) is 4.98 Å². The average molecular weight is 265 g/mol. The molecule has 96 valence electrons. The fraction of sp³-hybridized carbons (Fsp3) is 0.417. The molecule has 0 spiro atoms. The molecule has 0 amide bonds. The molecule has 18 heavy (non-hydrogen) atoms. The molecule has 5 nitrogen and oxygen atoms in total. The van der Waals surface area contributed by atoms with E-state index in [0.29, 0.717) is 17.1 Å². The second-order valence-electron chi connectivity index (χ2n) is 4.59. The summed E-state index contributed by atoms with van der Waals surface area (Å²) in [4.78, 5) is 14.9. The number of nitro groups is 1. The number of nitrogens with zero attached hydrogens (tertiary/aromatic N) is 2. The maximum absolute atomic E-state index is 11.2. The number of aromatic nitrogens is 1. The lowest BCUT2D eigenvalue weighted by Crippen LogP contribution is -2.22. The molecule has 1 heterocycles. The summed E-state index contributed by atoms with van der Waals surface area (Å²) in [5.74, 6) is 0.399. The fourth-order valence-corrected chi connectivity index (χ4v) is 2.31. The van der Waals surface area contributed by atoms with E-state index in [0.717, 1.165) is 4.70 Å². The Kier molecular flexibility index (Phi) is 3.47. The van der Waals surface area contributed by atoms with Crippen LogP contribution in [0.4, 0.5) is 11.4 Å². The van der Waals surface area contributed by atoms with Gasteiger partial charge >= 0.3 is 5.69 Å². The SMILES string of the molecule is CC(C)C(C)Nc1ccc2scnc2c1[N+](=O)[O-]. The summed E-state index contributed by atoms with van der Waals surface area (Å²) in [5.41, 5.74) is 2.71. The van der Waals surface area contributed by atoms with Gasteiger partial charge in [0.05, 0.1) is 15.1 Å². The second-order valence-corrected chi connectivity index (χ2v) is 5.48. The zero-order valence-corrected chi connectivity index (χ0v) is 11.3. The number of rotatable bonds is 4. The summed E-state index contributed by atoms with van der Waals surface area (Å²) in [6, 6.07) is 3.80. The number of nitro benzene ring substituents is 1. The van der Waals surface area contributed by atoms with Crippen molar-refractivity contribution < 1.29 is 4.92 Å². The summed E-state index contributed by atoms with van der Waals surface area (Å²) < 4.78 is 0.837. The van der Waals surface area contributed by atoms with Crippen LogP contribution in [0.1, 0.15) is 20.8 Å². The van der Waals surface area contributed by atoms with E-state index in [4.69, 9.17) is 0 Å². The van der Waals surface area contributed by atoms with Gasteiger partial charge in [-0.15, -0.1) is 11.3 Å². The molecule has 6 heteroatoms. The third-order valence-corrected chi connectivity index (χ3v) is 3.84. The van der Waals surface area contributed by atoms with Crippen LogP contribution in [-0.4, -0.2) is 15.9 Å². The van der Waals surface area contributed by atoms with Gasteiger partial charge < -0.3 is 5.32 Å². The first kappa shape index (κ1) is 12.8. The predicted octanol–water partition coefficient (Wildman–Crippen LogP) is 3.66. The quantitative estimate of drug-likeness (QED) is 0.676. The van der Waals surface area contributed by atoms with Gasteiger partial charge in [0.15, 0.2) is 5.52 Å². The molecule has 1 aromatic carbocycles. The zero-order valence-electron chi connectivity index (χ0n) is 10.5. The largest absolute Gasteiger partial charge is 0.377 e. The molecule has 0 aliphatic heterocycles. The standard InChI is InChI=1S/C12H15N3O2S/c1-7(2)8(3)14-9-4-5-10-11(13-6-18-10)12(9)15(16)17/h4-8,14H,1-3H3. The van der Waals surface area contributed by atoms with Gasteiger partial charge in [-0.1, -0.05) is 13.8 Å². The summed E-state index contributed by atoms with van der Waals surface area (Å²) in [7, 11) is 0. The van der Waals surface area contributed by atoms with E-state index in [1.165, 1.54) is 11.3 Å². The molecule has 1 aromatic heterocycles. The Balaban J connectivity index is 2.49. The van der Waals surface area contributed by atoms with Gasteiger partial charge in [0.25, 0.3) is 0 Å². The molecular weight excluding hydrogens is 250 g/mol. The molecule has 1 unspecified atom stereocenters. The van der Waals surface area contributed by atoms with E-state index >= 15 is 0 Å². The van der Waals surface area contributed by atoms with Crippen LogP contribution in [-0.2, 0) is 0 Å². The highest BCUT2D eigenvalue weighted by atomic mass is 32.1. The van der Waals surface area contributed by atoms with Crippen LogP contribution < -0.4 is 5.32 Å². The van der Waals surface area contributed by atoms with E-state index in [2.05, 4.69) is 24.1 Å². The fourth-order valence-electron chi connectivity index (χ4n) is 1.63. The molecule has 0 aliphatic rings. The number of thiazole rings is 1. The molecule has 0 saturated carbocycles. The van der Waals surface area contributed by atoms with Crippen LogP contribution >= 0.6 is 11.3 Å². The monoisotopic (exact) mass is 265 g/mol. The van der Waals surface area contributed by atoms with Gasteiger partial charge in [-0.05, 0) is 25.0 Å². The molecular formula is C12H15N3O2S. The highest BCUT2D eigenvalue weighted by molar-refractivity contribution is 7.16. The average Bonchev–Trinajstić information content (AvgIpc) is 2.75. The van der Waals surface area contributed by atoms with Gasteiger partial charge in [-0.2, -0.15) is 0 Å². The molecule has 1 atom stereocenters. The third-order valence-electron chi connectivity index (χ3n) is 3.04. The Hall–Kier alpha value is -1.69. The first-order valence-corrected chi connectivity index (χ1v) is 6.65. The lowest BCUT2D eigenvalue weighted by atomic mass is 10.1. The summed E-state index contributed by atoms with van der Waals surface area (Å²) in [5, 5.41) is 14.4. The van der Waals surface area contributed by atoms with Gasteiger partial charge in [0.1, 0.15) is 5.69 Å². The first-order chi connectivity index (χ1) is 8.50. The highest BCUT2D eigenvalue weighted by Gasteiger charge is 2.22. The third kappa shape index (κ3) is 2.28. The van der Waals surface area contributed by atoms with E-state index in [1.54, 1.807) is 11.6 Å². The minimum Gasteiger partial charge on any atom is -0.377 e. The summed E-state index contributed by atoms with van der Waals surface area (Å²) in [6.45, 7) is 6.16. The molecule has 2 rings (SSSR count). The molecule has 0 fully saturated rings. The van der Waals surface area contributed by atoms with E-state index in [9.17, 15) is 10.1 Å². The predicted molar refractivity (Wildman–Crippen MR) is 74.2 cm³/mol. The Morgan fingerprint density at radius 1 is 1.39 bits per heavy atom. The number of fused-ring (bicyclic) bond motifs is 1. The van der Waals surface area contributed by atoms with Crippen LogP contribution in [0, 0.1) is 16.0 Å². The van der Waals surface area contributed by atoms with Gasteiger partial charge in [-0.25, -0.2) is 4.98 Å². The van der Waals surface area contributed by atoms with E-state index < -0.39 is 0 Å². The van der Waals surface area contributed by atoms with Crippen LogP contribution in [0.5, 0.6) is 0 Å². The van der Waals surface area contributed by atoms with Crippen molar-refractivity contribution in [2.75, 3.05) is 5.32 Å². The lowest BCUT2D eigenvalue weighted by Gasteiger charge is -2.18. The van der Waals surface area contributed by atoms with Crippen molar-refractivity contribution in [1.29, 1.82) is 0 Å². The van der Waals surface area contributed by atoms with E-state index in [1.807, 2.05) is 13.0 Å². The number of hydrogen-bond donors (Lipinski definition) is 1.